The number of carboxylic acids is 1. The Hall–Kier alpha value is -2.52. The number of carbonyl (C=O) groups excluding carboxylic acids is 3. The van der Waals surface area contributed by atoms with Gasteiger partial charge in [-0.25, -0.2) is 15.3 Å². The summed E-state index contributed by atoms with van der Waals surface area (Å²) < 4.78 is 1.69. The summed E-state index contributed by atoms with van der Waals surface area (Å²) in [6.45, 7) is 14.8. The van der Waals surface area contributed by atoms with Gasteiger partial charge in [-0.1, -0.05) is 12.0 Å². The number of amides is 3. The fourth-order valence-electron chi connectivity index (χ4n) is 2.63. The van der Waals surface area contributed by atoms with Crippen molar-refractivity contribution < 1.29 is 51.9 Å². The molecular weight excluding hydrogens is 496 g/mol. The summed E-state index contributed by atoms with van der Waals surface area (Å²) in [4.78, 5) is 50.6. The molecule has 36 heavy (non-hydrogen) atoms. The molecule has 1 rings (SSSR count). The molecule has 0 spiro atoms. The predicted molar refractivity (Wildman–Crippen MR) is 134 cm³/mol. The molecule has 1 fully saturated rings. The van der Waals surface area contributed by atoms with E-state index in [4.69, 9.17) is 14.7 Å². The fourth-order valence-corrected chi connectivity index (χ4v) is 2.63. The number of carbonyl (C=O) groups is 4. The summed E-state index contributed by atoms with van der Waals surface area (Å²) in [6, 6.07) is 1.82. The highest BCUT2D eigenvalue weighted by Crippen LogP contribution is 2.12. The third kappa shape index (κ3) is 24.6. The van der Waals surface area contributed by atoms with Crippen LogP contribution < -0.4 is 35.4 Å². The van der Waals surface area contributed by atoms with Gasteiger partial charge in [-0.2, -0.15) is 5.84 Å². The van der Waals surface area contributed by atoms with E-state index in [1.807, 2.05) is 5.43 Å². The molecule has 0 aliphatic carbocycles. The minimum Gasteiger partial charge on any atom is -1.00 e. The molecule has 0 radical (unpaired) electrons. The first-order valence-corrected chi connectivity index (χ1v) is 11.1. The highest BCUT2D eigenvalue weighted by molar-refractivity contribution is 6.01. The summed E-state index contributed by atoms with van der Waals surface area (Å²) in [5.41, 5.74) is 1.89. The number of rotatable bonds is 4. The lowest BCUT2D eigenvalue weighted by molar-refractivity contribution is -0.484. The second-order valence-electron chi connectivity index (χ2n) is 7.98. The molecule has 0 aromatic heterocycles. The van der Waals surface area contributed by atoms with E-state index < -0.39 is 5.97 Å². The zero-order valence-electron chi connectivity index (χ0n) is 23.8. The monoisotopic (exact) mass is 545 g/mol. The Labute approximate surface area is 222 Å². The number of hydrogen-bond acceptors (Lipinski definition) is 8. The highest BCUT2D eigenvalue weighted by atomic mass is 35.5. The number of carboxylic acid groups (broad SMARTS) is 1. The number of halogens is 1. The number of hydrogen-bond donors (Lipinski definition) is 5. The van der Waals surface area contributed by atoms with Crippen molar-refractivity contribution in [1.29, 1.82) is 0 Å². The van der Waals surface area contributed by atoms with Crippen LogP contribution >= 0.6 is 0 Å². The Kier molecular flexibility index (Phi) is 30.9. The van der Waals surface area contributed by atoms with Crippen LogP contribution in [0, 0.1) is 0 Å². The van der Waals surface area contributed by atoms with Gasteiger partial charge in [-0.05, 0) is 34.2 Å². The first-order chi connectivity index (χ1) is 16.0. The lowest BCUT2D eigenvalue weighted by atomic mass is 10.2. The second-order valence-corrected chi connectivity index (χ2v) is 7.98. The topological polar surface area (TPSA) is 202 Å². The van der Waals surface area contributed by atoms with Crippen LogP contribution in [0.15, 0.2) is 0 Å². The first kappa shape index (κ1) is 43.5. The quantitative estimate of drug-likeness (QED) is 0.0436. The molecule has 0 aromatic rings. The standard InChI is InChI=1S/C9H16N3O3.C8H19N.C2H6N2O.C2H4O2.ClH.H4N2/c1-10(2)9(11(3)4)15-12-7(13)5-6-8(12)14;1-6-9(7(2)3)8(4)5;1-2(5)4-3;1-2(3)4;;1-2/h5-6H2,1-4H3;7-8H,6H2,1-5H3;3H2,1H3,(H,4,5);1H3,(H,3,4);1H;1-2H2/q+1;;;;;. The molecule has 1 aliphatic heterocycles. The van der Waals surface area contributed by atoms with Crippen molar-refractivity contribution >= 4 is 29.7 Å². The van der Waals surface area contributed by atoms with Gasteiger partial charge in [0.2, 0.25) is 5.91 Å². The number of imide groups is 1. The van der Waals surface area contributed by atoms with E-state index in [2.05, 4.69) is 57.0 Å². The molecule has 14 nitrogen and oxygen atoms in total. The molecular formula is C21H50ClN8O6+. The Balaban J connectivity index is -0.000000130. The largest absolute Gasteiger partial charge is 1.00 e. The van der Waals surface area contributed by atoms with Crippen LogP contribution in [0.25, 0.3) is 0 Å². The van der Waals surface area contributed by atoms with Crippen LogP contribution in [-0.4, -0.2) is 101 Å². The van der Waals surface area contributed by atoms with Crippen molar-refractivity contribution in [3.8, 4) is 0 Å². The fraction of sp³-hybridized carbons (Fsp3) is 0.762. The SMILES string of the molecule is CC(=O)NN.CC(=O)O.CCN(C(C)C)C(C)C.CN(C)C(ON1C(=O)CCC1=O)=[N+](C)C.N[NH3+].[Cl-]. The van der Waals surface area contributed by atoms with E-state index in [0.717, 1.165) is 18.5 Å². The van der Waals surface area contributed by atoms with Crippen LogP contribution in [0.4, 0.5) is 0 Å². The van der Waals surface area contributed by atoms with E-state index in [9.17, 15) is 14.4 Å². The minimum atomic E-state index is -0.833. The van der Waals surface area contributed by atoms with Crippen molar-refractivity contribution in [2.45, 2.75) is 73.4 Å². The maximum absolute atomic E-state index is 11.3. The average molecular weight is 546 g/mol. The molecule has 9 N–H and O–H groups in total. The molecule has 1 aliphatic rings. The molecule has 15 heteroatoms. The third-order valence-electron chi connectivity index (χ3n) is 3.84. The van der Waals surface area contributed by atoms with Crippen molar-refractivity contribution in [3.05, 3.63) is 0 Å². The van der Waals surface area contributed by atoms with Crippen molar-refractivity contribution in [1.82, 2.24) is 20.3 Å². The number of aliphatic carboxylic acids is 1. The molecule has 3 amide bonds. The Morgan fingerprint density at radius 2 is 1.39 bits per heavy atom. The predicted octanol–water partition coefficient (Wildman–Crippen LogP) is -4.43. The van der Waals surface area contributed by atoms with Gasteiger partial charge < -0.3 is 17.5 Å². The molecule has 0 atom stereocenters. The van der Waals surface area contributed by atoms with E-state index in [-0.39, 0.29) is 43.0 Å². The average Bonchev–Trinajstić information content (AvgIpc) is 3.05. The molecule has 1 heterocycles. The second kappa shape index (κ2) is 25.6. The highest BCUT2D eigenvalue weighted by Gasteiger charge is 2.34. The Morgan fingerprint density at radius 3 is 1.53 bits per heavy atom. The molecule has 0 unspecified atom stereocenters. The van der Waals surface area contributed by atoms with Gasteiger partial charge in [0.25, 0.3) is 17.8 Å². The van der Waals surface area contributed by atoms with E-state index in [0.29, 0.717) is 18.1 Å². The number of nitrogens with one attached hydrogen (secondary N) is 1. The zero-order chi connectivity index (χ0) is 28.9. The molecule has 216 valence electrons. The van der Waals surface area contributed by atoms with Crippen LogP contribution in [-0.2, 0) is 24.0 Å². The summed E-state index contributed by atoms with van der Waals surface area (Å²) in [5, 5.41) is 8.25. The van der Waals surface area contributed by atoms with Crippen LogP contribution in [0.5, 0.6) is 0 Å². The van der Waals surface area contributed by atoms with E-state index in [1.54, 1.807) is 37.7 Å². The lowest BCUT2D eigenvalue weighted by Gasteiger charge is -2.28. The van der Waals surface area contributed by atoms with Gasteiger partial charge in [-0.3, -0.25) is 40.2 Å². The van der Waals surface area contributed by atoms with Gasteiger partial charge in [0.05, 0.1) is 28.2 Å². The maximum Gasteiger partial charge on any atom is 0.470 e. The first-order valence-electron chi connectivity index (χ1n) is 11.1. The molecule has 0 saturated carbocycles. The summed E-state index contributed by atoms with van der Waals surface area (Å²) in [5.74, 6) is 9.94. The Morgan fingerprint density at radius 1 is 1.08 bits per heavy atom. The van der Waals surface area contributed by atoms with Crippen LogP contribution in [0.1, 0.15) is 61.3 Å². The number of quaternary nitrogens is 1. The van der Waals surface area contributed by atoms with Crippen molar-refractivity contribution in [2.24, 2.45) is 11.7 Å². The summed E-state index contributed by atoms with van der Waals surface area (Å²) in [6.07, 6.45) is 0.458. The number of amidine groups is 1. The third-order valence-corrected chi connectivity index (χ3v) is 3.84. The number of nitrogens with two attached hydrogens (primary N) is 2. The van der Waals surface area contributed by atoms with Gasteiger partial charge in [-0.15, -0.1) is 0 Å². The van der Waals surface area contributed by atoms with Crippen LogP contribution in [0.3, 0.4) is 0 Å². The van der Waals surface area contributed by atoms with Crippen molar-refractivity contribution in [2.75, 3.05) is 34.7 Å². The van der Waals surface area contributed by atoms with E-state index >= 15 is 0 Å². The van der Waals surface area contributed by atoms with Gasteiger partial charge in [0.15, 0.2) is 0 Å². The maximum atomic E-state index is 11.3. The molecule has 1 saturated heterocycles. The molecule has 0 bridgehead atoms. The summed E-state index contributed by atoms with van der Waals surface area (Å²) >= 11 is 0. The molecule has 0 aromatic carbocycles. The van der Waals surface area contributed by atoms with Gasteiger partial charge in [0, 0.05) is 38.8 Å². The number of nitrogens with zero attached hydrogens (tertiary/aromatic N) is 4. The Bertz CT molecular complexity index is 628. The number of hydroxylamine groups is 2. The van der Waals surface area contributed by atoms with E-state index in [1.165, 1.54) is 6.92 Å². The van der Waals surface area contributed by atoms with Crippen molar-refractivity contribution in [3.63, 3.8) is 0 Å². The minimum absolute atomic E-state index is 0. The number of hydrazine groups is 1. The lowest BCUT2D eigenvalue weighted by Crippen LogP contribution is -3.00. The zero-order valence-corrected chi connectivity index (χ0v) is 24.5. The normalized spacial score (nSPS) is 11.3. The van der Waals surface area contributed by atoms with Gasteiger partial charge in [0.1, 0.15) is 0 Å². The smallest absolute Gasteiger partial charge is 0.470 e. The van der Waals surface area contributed by atoms with Gasteiger partial charge >= 0.3 is 6.02 Å². The summed E-state index contributed by atoms with van der Waals surface area (Å²) in [7, 11) is 7.11. The van der Waals surface area contributed by atoms with Crippen LogP contribution in [0.2, 0.25) is 0 Å².